The Morgan fingerprint density at radius 2 is 1.37 bits per heavy atom. The highest BCUT2D eigenvalue weighted by atomic mass is 79.9. The van der Waals surface area contributed by atoms with E-state index in [1.54, 1.807) is 18.3 Å². The first-order chi connectivity index (χ1) is 13.0. The zero-order valence-electron chi connectivity index (χ0n) is 14.1. The molecule has 4 aromatic rings. The van der Waals surface area contributed by atoms with Gasteiger partial charge in [-0.2, -0.15) is 13.5 Å². The van der Waals surface area contributed by atoms with Gasteiger partial charge in [-0.3, -0.25) is 0 Å². The van der Waals surface area contributed by atoms with Crippen LogP contribution in [0.5, 0.6) is 0 Å². The van der Waals surface area contributed by atoms with E-state index in [2.05, 4.69) is 31.9 Å². The predicted octanol–water partition coefficient (Wildman–Crippen LogP) is 5.07. The van der Waals surface area contributed by atoms with E-state index in [0.717, 1.165) is 31.6 Å². The molecular formula is C21H15BrN2O2S. The zero-order chi connectivity index (χ0) is 18.9. The van der Waals surface area contributed by atoms with Crippen molar-refractivity contribution >= 4 is 53.7 Å². The van der Waals surface area contributed by atoms with E-state index in [1.807, 2.05) is 48.5 Å². The van der Waals surface area contributed by atoms with Gasteiger partial charge in [-0.15, -0.1) is 0 Å². The first-order valence-corrected chi connectivity index (χ1v) is 10.5. The maximum Gasteiger partial charge on any atom is 0.276 e. The minimum absolute atomic E-state index is 0.158. The zero-order valence-corrected chi connectivity index (χ0v) is 16.5. The lowest BCUT2D eigenvalue weighted by Gasteiger charge is -2.08. The van der Waals surface area contributed by atoms with Crippen LogP contribution >= 0.6 is 15.9 Å². The maximum absolute atomic E-state index is 12.4. The molecule has 0 aromatic heterocycles. The van der Waals surface area contributed by atoms with Crippen molar-refractivity contribution in [2.45, 2.75) is 4.90 Å². The molecule has 0 amide bonds. The van der Waals surface area contributed by atoms with Crippen molar-refractivity contribution < 1.29 is 8.42 Å². The molecule has 0 aliphatic heterocycles. The fraction of sp³-hybridized carbons (Fsp3) is 0. The van der Waals surface area contributed by atoms with Gasteiger partial charge >= 0.3 is 0 Å². The van der Waals surface area contributed by atoms with E-state index in [1.165, 1.54) is 12.1 Å². The summed E-state index contributed by atoms with van der Waals surface area (Å²) in [5.74, 6) is 0. The van der Waals surface area contributed by atoms with E-state index in [4.69, 9.17) is 0 Å². The third kappa shape index (κ3) is 3.59. The minimum atomic E-state index is -3.72. The van der Waals surface area contributed by atoms with E-state index >= 15 is 0 Å². The quantitative estimate of drug-likeness (QED) is 0.274. The normalized spacial score (nSPS) is 12.0. The third-order valence-corrected chi connectivity index (χ3v) is 6.07. The Morgan fingerprint density at radius 1 is 0.815 bits per heavy atom. The highest BCUT2D eigenvalue weighted by Crippen LogP contribution is 2.27. The molecule has 0 aliphatic carbocycles. The maximum atomic E-state index is 12.4. The molecule has 0 atom stereocenters. The van der Waals surface area contributed by atoms with E-state index < -0.39 is 10.0 Å². The van der Waals surface area contributed by atoms with Gasteiger partial charge in [-0.05, 0) is 51.9 Å². The second-order valence-electron chi connectivity index (χ2n) is 6.04. The van der Waals surface area contributed by atoms with Crippen LogP contribution < -0.4 is 4.83 Å². The molecule has 6 heteroatoms. The van der Waals surface area contributed by atoms with Crippen molar-refractivity contribution in [3.63, 3.8) is 0 Å². The summed E-state index contributed by atoms with van der Waals surface area (Å²) in [6.07, 6.45) is 1.57. The van der Waals surface area contributed by atoms with Crippen LogP contribution in [0.15, 0.2) is 93.3 Å². The van der Waals surface area contributed by atoms with Crippen molar-refractivity contribution in [1.29, 1.82) is 0 Å². The van der Waals surface area contributed by atoms with Crippen LogP contribution in [0.2, 0.25) is 0 Å². The molecule has 1 N–H and O–H groups in total. The van der Waals surface area contributed by atoms with Crippen LogP contribution in [-0.4, -0.2) is 14.6 Å². The Labute approximate surface area is 165 Å². The smallest absolute Gasteiger partial charge is 0.200 e. The Morgan fingerprint density at radius 3 is 1.96 bits per heavy atom. The van der Waals surface area contributed by atoms with Crippen LogP contribution in [0.4, 0.5) is 0 Å². The number of fused-ring (bicyclic) bond motifs is 2. The van der Waals surface area contributed by atoms with Gasteiger partial charge in [0.2, 0.25) is 0 Å². The van der Waals surface area contributed by atoms with Crippen LogP contribution in [0.25, 0.3) is 21.5 Å². The van der Waals surface area contributed by atoms with Crippen molar-refractivity contribution in [1.82, 2.24) is 4.83 Å². The fourth-order valence-electron chi connectivity index (χ4n) is 3.01. The highest BCUT2D eigenvalue weighted by Gasteiger charge is 2.12. The van der Waals surface area contributed by atoms with E-state index in [9.17, 15) is 8.42 Å². The molecule has 0 saturated carbocycles. The molecule has 0 saturated heterocycles. The third-order valence-electron chi connectivity index (χ3n) is 4.30. The Hall–Kier alpha value is -2.70. The SMILES string of the molecule is O=S(=O)(N/N=C/c1c2ccccc2cc2ccccc12)c1ccc(Br)cc1. The molecular weight excluding hydrogens is 424 g/mol. The molecule has 4 rings (SSSR count). The number of hydrazone groups is 1. The summed E-state index contributed by atoms with van der Waals surface area (Å²) in [5.41, 5.74) is 0.877. The molecule has 0 unspecified atom stereocenters. The van der Waals surface area contributed by atoms with Crippen molar-refractivity contribution in [2.24, 2.45) is 5.10 Å². The Bertz CT molecular complexity index is 1210. The number of nitrogens with one attached hydrogen (secondary N) is 1. The van der Waals surface area contributed by atoms with Crippen molar-refractivity contribution in [2.75, 3.05) is 0 Å². The summed E-state index contributed by atoms with van der Waals surface area (Å²) in [6, 6.07) is 24.5. The predicted molar refractivity (Wildman–Crippen MR) is 114 cm³/mol. The Kier molecular flexibility index (Phi) is 4.68. The largest absolute Gasteiger partial charge is 0.276 e. The van der Waals surface area contributed by atoms with Crippen molar-refractivity contribution in [3.8, 4) is 0 Å². The van der Waals surface area contributed by atoms with Crippen LogP contribution in [0.3, 0.4) is 0 Å². The molecule has 4 aromatic carbocycles. The highest BCUT2D eigenvalue weighted by molar-refractivity contribution is 9.10. The molecule has 0 bridgehead atoms. The average molecular weight is 439 g/mol. The first-order valence-electron chi connectivity index (χ1n) is 8.25. The number of hydrogen-bond donors (Lipinski definition) is 1. The number of halogens is 1. The average Bonchev–Trinajstić information content (AvgIpc) is 2.67. The van der Waals surface area contributed by atoms with E-state index in [-0.39, 0.29) is 4.90 Å². The summed E-state index contributed by atoms with van der Waals surface area (Å²) >= 11 is 3.30. The summed E-state index contributed by atoms with van der Waals surface area (Å²) in [4.78, 5) is 2.46. The molecule has 0 aliphatic rings. The monoisotopic (exact) mass is 438 g/mol. The number of rotatable bonds is 4. The van der Waals surface area contributed by atoms with Gasteiger partial charge in [0.25, 0.3) is 10.0 Å². The fourth-order valence-corrected chi connectivity index (χ4v) is 4.07. The molecule has 0 radical (unpaired) electrons. The molecule has 134 valence electrons. The van der Waals surface area contributed by atoms with Gasteiger partial charge in [0.1, 0.15) is 0 Å². The van der Waals surface area contributed by atoms with Gasteiger partial charge in [0.15, 0.2) is 0 Å². The van der Waals surface area contributed by atoms with Gasteiger partial charge in [0.05, 0.1) is 11.1 Å². The molecule has 0 heterocycles. The second kappa shape index (κ2) is 7.13. The number of hydrogen-bond acceptors (Lipinski definition) is 3. The molecule has 0 spiro atoms. The van der Waals surface area contributed by atoms with Crippen LogP contribution in [0.1, 0.15) is 5.56 Å². The number of nitrogens with zero attached hydrogens (tertiary/aromatic N) is 1. The lowest BCUT2D eigenvalue weighted by molar-refractivity contribution is 0.584. The van der Waals surface area contributed by atoms with Gasteiger partial charge in [0, 0.05) is 10.0 Å². The minimum Gasteiger partial charge on any atom is -0.200 e. The number of benzene rings is 4. The molecule has 27 heavy (non-hydrogen) atoms. The summed E-state index contributed by atoms with van der Waals surface area (Å²) < 4.78 is 25.7. The number of sulfonamides is 1. The van der Waals surface area contributed by atoms with Crippen molar-refractivity contribution in [3.05, 3.63) is 88.9 Å². The second-order valence-corrected chi connectivity index (χ2v) is 8.62. The van der Waals surface area contributed by atoms with Gasteiger partial charge in [-0.25, -0.2) is 4.83 Å². The van der Waals surface area contributed by atoms with E-state index in [0.29, 0.717) is 0 Å². The lowest BCUT2D eigenvalue weighted by Crippen LogP contribution is -2.18. The Balaban J connectivity index is 1.75. The topological polar surface area (TPSA) is 58.5 Å². The summed E-state index contributed by atoms with van der Waals surface area (Å²) in [5, 5.41) is 8.23. The summed E-state index contributed by atoms with van der Waals surface area (Å²) in [6.45, 7) is 0. The van der Waals surface area contributed by atoms with Gasteiger partial charge in [-0.1, -0.05) is 64.5 Å². The van der Waals surface area contributed by atoms with Crippen LogP contribution in [0, 0.1) is 0 Å². The lowest BCUT2D eigenvalue weighted by atomic mass is 9.97. The molecule has 4 nitrogen and oxygen atoms in total. The van der Waals surface area contributed by atoms with Gasteiger partial charge < -0.3 is 0 Å². The first kappa shape index (κ1) is 17.7. The summed E-state index contributed by atoms with van der Waals surface area (Å²) in [7, 11) is -3.72. The standard InChI is InChI=1S/C21H15BrN2O2S/c22-17-9-11-18(12-10-17)27(25,26)24-23-14-21-19-7-3-1-5-15(19)13-16-6-2-4-8-20(16)21/h1-14,24H/b23-14+. The van der Waals surface area contributed by atoms with Crippen LogP contribution in [-0.2, 0) is 10.0 Å². The molecule has 0 fully saturated rings.